The lowest BCUT2D eigenvalue weighted by Crippen LogP contribution is -2.21. The van der Waals surface area contributed by atoms with E-state index in [0.29, 0.717) is 6.42 Å². The lowest BCUT2D eigenvalue weighted by molar-refractivity contribution is 0.115. The number of hydrogen-bond donors (Lipinski definition) is 4. The highest BCUT2D eigenvalue weighted by Gasteiger charge is 2.39. The van der Waals surface area contributed by atoms with Crippen molar-refractivity contribution in [3.63, 3.8) is 0 Å². The van der Waals surface area contributed by atoms with Crippen molar-refractivity contribution in [2.45, 2.75) is 95.9 Å². The Morgan fingerprint density at radius 2 is 1.67 bits per heavy atom. The highest BCUT2D eigenvalue weighted by Crippen LogP contribution is 2.37. The molecule has 24 heavy (non-hydrogen) atoms. The van der Waals surface area contributed by atoms with Gasteiger partial charge in [-0.3, -0.25) is 0 Å². The number of rotatable bonds is 13. The van der Waals surface area contributed by atoms with Crippen LogP contribution in [0.2, 0.25) is 0 Å². The molecular formula is C20H38O4. The van der Waals surface area contributed by atoms with Crippen molar-refractivity contribution >= 4 is 0 Å². The van der Waals surface area contributed by atoms with E-state index in [9.17, 15) is 15.3 Å². The third-order valence-electron chi connectivity index (χ3n) is 5.27. The number of aliphatic hydroxyl groups is 4. The van der Waals surface area contributed by atoms with E-state index in [1.807, 2.05) is 12.2 Å². The van der Waals surface area contributed by atoms with Crippen LogP contribution < -0.4 is 0 Å². The molecule has 4 heteroatoms. The summed E-state index contributed by atoms with van der Waals surface area (Å²) in [6.45, 7) is 2.41. The quantitative estimate of drug-likeness (QED) is 0.306. The molecule has 0 aliphatic heterocycles. The van der Waals surface area contributed by atoms with E-state index in [-0.39, 0.29) is 18.4 Å². The number of unbranched alkanes of at least 4 members (excludes halogenated alkanes) is 6. The lowest BCUT2D eigenvalue weighted by atomic mass is 9.88. The minimum Gasteiger partial charge on any atom is -0.396 e. The maximum atomic E-state index is 10.2. The second-order valence-electron chi connectivity index (χ2n) is 7.34. The number of aliphatic hydroxyl groups excluding tert-OH is 4. The van der Waals surface area contributed by atoms with Crippen LogP contribution in [0.25, 0.3) is 0 Å². The Hall–Kier alpha value is -0.420. The van der Waals surface area contributed by atoms with Crippen molar-refractivity contribution < 1.29 is 20.4 Å². The van der Waals surface area contributed by atoms with Crippen LogP contribution in [0.1, 0.15) is 77.6 Å². The first-order valence-electron chi connectivity index (χ1n) is 9.93. The van der Waals surface area contributed by atoms with E-state index in [1.54, 1.807) is 0 Å². The van der Waals surface area contributed by atoms with E-state index >= 15 is 0 Å². The molecular weight excluding hydrogens is 304 g/mol. The first-order valence-corrected chi connectivity index (χ1v) is 9.93. The summed E-state index contributed by atoms with van der Waals surface area (Å²) in [4.78, 5) is 0. The standard InChI is InChI=1S/C20H38O4/c1-2-3-7-10-16(22)12-13-18-17(19(23)15-20(18)24)11-8-5-4-6-9-14-21/h12-13,16-24H,2-11,14-15H2,1H3/b13-12-/t16-,17+,18+,19-,20+/m0/s1. The highest BCUT2D eigenvalue weighted by atomic mass is 16.3. The Morgan fingerprint density at radius 1 is 0.958 bits per heavy atom. The van der Waals surface area contributed by atoms with Gasteiger partial charge in [-0.15, -0.1) is 0 Å². The van der Waals surface area contributed by atoms with Crippen LogP contribution in [0.15, 0.2) is 12.2 Å². The monoisotopic (exact) mass is 342 g/mol. The third-order valence-corrected chi connectivity index (χ3v) is 5.27. The highest BCUT2D eigenvalue weighted by molar-refractivity contribution is 5.04. The van der Waals surface area contributed by atoms with Crippen LogP contribution in [0.4, 0.5) is 0 Å². The summed E-state index contributed by atoms with van der Waals surface area (Å²) in [7, 11) is 0. The lowest BCUT2D eigenvalue weighted by Gasteiger charge is -2.21. The normalized spacial score (nSPS) is 28.7. The van der Waals surface area contributed by atoms with Crippen molar-refractivity contribution in [3.05, 3.63) is 12.2 Å². The van der Waals surface area contributed by atoms with Crippen LogP contribution in [0.5, 0.6) is 0 Å². The molecule has 0 aromatic carbocycles. The van der Waals surface area contributed by atoms with Crippen molar-refractivity contribution in [3.8, 4) is 0 Å². The summed E-state index contributed by atoms with van der Waals surface area (Å²) in [5.74, 6) is 0.0511. The fraction of sp³-hybridized carbons (Fsp3) is 0.900. The maximum absolute atomic E-state index is 10.2. The molecule has 0 saturated heterocycles. The first-order chi connectivity index (χ1) is 11.6. The van der Waals surface area contributed by atoms with Crippen LogP contribution in [0, 0.1) is 11.8 Å². The molecule has 0 unspecified atom stereocenters. The Bertz CT molecular complexity index is 332. The van der Waals surface area contributed by atoms with Gasteiger partial charge in [0.15, 0.2) is 0 Å². The van der Waals surface area contributed by atoms with Gasteiger partial charge in [-0.2, -0.15) is 0 Å². The molecule has 0 amide bonds. The van der Waals surface area contributed by atoms with Crippen molar-refractivity contribution in [2.24, 2.45) is 11.8 Å². The predicted molar refractivity (Wildman–Crippen MR) is 97.7 cm³/mol. The molecule has 1 aliphatic carbocycles. The molecule has 0 aromatic heterocycles. The van der Waals surface area contributed by atoms with Gasteiger partial charge in [-0.1, -0.05) is 64.0 Å². The molecule has 0 bridgehead atoms. The van der Waals surface area contributed by atoms with Gasteiger partial charge in [-0.25, -0.2) is 0 Å². The minimum absolute atomic E-state index is 0.0433. The van der Waals surface area contributed by atoms with Gasteiger partial charge in [0, 0.05) is 18.9 Å². The summed E-state index contributed by atoms with van der Waals surface area (Å²) in [6.07, 6.45) is 13.0. The number of hydrogen-bond acceptors (Lipinski definition) is 4. The zero-order valence-electron chi connectivity index (χ0n) is 15.3. The van der Waals surface area contributed by atoms with Crippen LogP contribution in [0.3, 0.4) is 0 Å². The summed E-state index contributed by atoms with van der Waals surface area (Å²) in [5.41, 5.74) is 0. The van der Waals surface area contributed by atoms with Gasteiger partial charge >= 0.3 is 0 Å². The summed E-state index contributed by atoms with van der Waals surface area (Å²) in [6, 6.07) is 0. The van der Waals surface area contributed by atoms with Crippen molar-refractivity contribution in [2.75, 3.05) is 6.61 Å². The van der Waals surface area contributed by atoms with Crippen LogP contribution >= 0.6 is 0 Å². The Balaban J connectivity index is 2.38. The van der Waals surface area contributed by atoms with Gasteiger partial charge < -0.3 is 20.4 Å². The zero-order valence-corrected chi connectivity index (χ0v) is 15.3. The van der Waals surface area contributed by atoms with Gasteiger partial charge in [0.05, 0.1) is 18.3 Å². The predicted octanol–water partition coefficient (Wildman–Crippen LogP) is 3.17. The second-order valence-corrected chi connectivity index (χ2v) is 7.34. The van der Waals surface area contributed by atoms with E-state index in [4.69, 9.17) is 5.11 Å². The molecule has 4 N–H and O–H groups in total. The fourth-order valence-corrected chi connectivity index (χ4v) is 3.76. The minimum atomic E-state index is -0.501. The molecule has 5 atom stereocenters. The second kappa shape index (κ2) is 12.9. The molecule has 0 aromatic rings. The summed E-state index contributed by atoms with van der Waals surface area (Å²) >= 11 is 0. The largest absolute Gasteiger partial charge is 0.396 e. The van der Waals surface area contributed by atoms with Gasteiger partial charge in [-0.05, 0) is 25.2 Å². The van der Waals surface area contributed by atoms with E-state index in [1.165, 1.54) is 0 Å². The molecule has 1 saturated carbocycles. The third kappa shape index (κ3) is 8.11. The summed E-state index contributed by atoms with van der Waals surface area (Å²) in [5, 5.41) is 39.2. The van der Waals surface area contributed by atoms with E-state index in [0.717, 1.165) is 64.2 Å². The summed E-state index contributed by atoms with van der Waals surface area (Å²) < 4.78 is 0. The van der Waals surface area contributed by atoms with Crippen LogP contribution in [-0.4, -0.2) is 45.3 Å². The average molecular weight is 343 g/mol. The van der Waals surface area contributed by atoms with E-state index in [2.05, 4.69) is 6.92 Å². The Morgan fingerprint density at radius 3 is 2.38 bits per heavy atom. The van der Waals surface area contributed by atoms with Crippen molar-refractivity contribution in [1.82, 2.24) is 0 Å². The SMILES string of the molecule is CCCCC[C@H](O)/C=C\[C@@H]1[C@@H](CCCCCCCO)[C@@H](O)C[C@H]1O. The van der Waals surface area contributed by atoms with Gasteiger partial charge in [0.2, 0.25) is 0 Å². The molecule has 1 aliphatic rings. The zero-order chi connectivity index (χ0) is 17.8. The fourth-order valence-electron chi connectivity index (χ4n) is 3.76. The molecule has 142 valence electrons. The molecule has 0 heterocycles. The first kappa shape index (κ1) is 21.6. The average Bonchev–Trinajstić information content (AvgIpc) is 2.82. The van der Waals surface area contributed by atoms with E-state index < -0.39 is 18.3 Å². The molecule has 0 spiro atoms. The smallest absolute Gasteiger partial charge is 0.0721 e. The topological polar surface area (TPSA) is 80.9 Å². The Kier molecular flexibility index (Phi) is 11.6. The molecule has 4 nitrogen and oxygen atoms in total. The molecule has 0 radical (unpaired) electrons. The van der Waals surface area contributed by atoms with Gasteiger partial charge in [0.25, 0.3) is 0 Å². The van der Waals surface area contributed by atoms with Crippen molar-refractivity contribution in [1.29, 1.82) is 0 Å². The molecule has 1 fully saturated rings. The van der Waals surface area contributed by atoms with Gasteiger partial charge in [0.1, 0.15) is 0 Å². The Labute approximate surface area is 147 Å². The molecule has 1 rings (SSSR count). The maximum Gasteiger partial charge on any atom is 0.0721 e. The van der Waals surface area contributed by atoms with Crippen LogP contribution in [-0.2, 0) is 0 Å².